The molecule has 0 radical (unpaired) electrons. The van der Waals surface area contributed by atoms with E-state index >= 15 is 0 Å². The lowest BCUT2D eigenvalue weighted by molar-refractivity contribution is 0.0252. The van der Waals surface area contributed by atoms with Gasteiger partial charge in [0, 0.05) is 19.1 Å². The van der Waals surface area contributed by atoms with E-state index in [4.69, 9.17) is 11.6 Å². The van der Waals surface area contributed by atoms with Crippen LogP contribution in [-0.4, -0.2) is 24.1 Å². The van der Waals surface area contributed by atoms with Crippen LogP contribution in [-0.2, 0) is 0 Å². The molecule has 1 heterocycles. The third-order valence-electron chi connectivity index (χ3n) is 4.29. The predicted molar refractivity (Wildman–Crippen MR) is 83.5 cm³/mol. The Bertz CT molecular complexity index is 567. The second-order valence-corrected chi connectivity index (χ2v) is 5.81. The highest BCUT2D eigenvalue weighted by atomic mass is 35.5. The molecule has 0 bridgehead atoms. The molecule has 1 saturated heterocycles. The van der Waals surface area contributed by atoms with Crippen LogP contribution < -0.4 is 0 Å². The second-order valence-electron chi connectivity index (χ2n) is 5.38. The summed E-state index contributed by atoms with van der Waals surface area (Å²) < 4.78 is 0. The predicted octanol–water partition coefficient (Wildman–Crippen LogP) is 4.30. The van der Waals surface area contributed by atoms with Gasteiger partial charge in [0.1, 0.15) is 0 Å². The summed E-state index contributed by atoms with van der Waals surface area (Å²) in [6.07, 6.45) is 1.10. The highest BCUT2D eigenvalue weighted by Gasteiger charge is 2.35. The molecular weight excluding hydrogens is 268 g/mol. The van der Waals surface area contributed by atoms with Crippen molar-refractivity contribution >= 4 is 11.6 Å². The quantitative estimate of drug-likeness (QED) is 0.812. The number of hydrogen-bond donors (Lipinski definition) is 0. The Kier molecular flexibility index (Phi) is 3.79. The summed E-state index contributed by atoms with van der Waals surface area (Å²) in [5.74, 6) is 0. The fourth-order valence-electron chi connectivity index (χ4n) is 3.02. The van der Waals surface area contributed by atoms with Gasteiger partial charge in [0.2, 0.25) is 0 Å². The summed E-state index contributed by atoms with van der Waals surface area (Å²) in [5.41, 5.74) is 2.69. The maximum Gasteiger partial charge on any atom is 0.0511 e. The van der Waals surface area contributed by atoms with Crippen LogP contribution in [0.15, 0.2) is 54.6 Å². The van der Waals surface area contributed by atoms with Crippen LogP contribution in [0.2, 0.25) is 5.02 Å². The summed E-state index contributed by atoms with van der Waals surface area (Å²) in [6, 6.07) is 19.7. The van der Waals surface area contributed by atoms with E-state index < -0.39 is 0 Å². The Balaban J connectivity index is 1.87. The Morgan fingerprint density at radius 2 is 1.30 bits per heavy atom. The number of benzene rings is 2. The van der Waals surface area contributed by atoms with E-state index in [0.29, 0.717) is 12.1 Å². The van der Waals surface area contributed by atoms with Gasteiger partial charge in [-0.3, -0.25) is 0 Å². The number of nitrogens with zero attached hydrogens (tertiary/aromatic N) is 2. The lowest BCUT2D eigenvalue weighted by Gasteiger charge is -2.28. The Morgan fingerprint density at radius 3 is 1.85 bits per heavy atom. The lowest BCUT2D eigenvalue weighted by atomic mass is 9.97. The average Bonchev–Trinajstić information content (AvgIpc) is 2.77. The molecule has 0 aromatic heterocycles. The van der Waals surface area contributed by atoms with E-state index in [1.54, 1.807) is 0 Å². The van der Waals surface area contributed by atoms with Gasteiger partial charge in [0.05, 0.1) is 12.1 Å². The van der Waals surface area contributed by atoms with Gasteiger partial charge in [-0.05, 0) is 29.7 Å². The molecule has 0 amide bonds. The van der Waals surface area contributed by atoms with Crippen molar-refractivity contribution in [3.63, 3.8) is 0 Å². The first-order valence-electron chi connectivity index (χ1n) is 6.93. The molecule has 104 valence electrons. The van der Waals surface area contributed by atoms with Crippen LogP contribution in [0.4, 0.5) is 0 Å². The van der Waals surface area contributed by atoms with E-state index in [-0.39, 0.29) is 0 Å². The average molecular weight is 287 g/mol. The van der Waals surface area contributed by atoms with Crippen molar-refractivity contribution in [2.45, 2.75) is 18.5 Å². The standard InChI is InChI=1S/C17H19ClN2/c1-19-16(13-6-4-3-5-7-13)12-17(20(19)2)14-8-10-15(18)11-9-14/h3-11,16-17H,12H2,1-2H3. The van der Waals surface area contributed by atoms with Crippen LogP contribution in [0.1, 0.15) is 29.6 Å². The van der Waals surface area contributed by atoms with Crippen LogP contribution in [0.25, 0.3) is 0 Å². The maximum absolute atomic E-state index is 5.98. The van der Waals surface area contributed by atoms with Crippen LogP contribution in [0, 0.1) is 0 Å². The molecule has 3 rings (SSSR count). The number of halogens is 1. The van der Waals surface area contributed by atoms with Crippen molar-refractivity contribution < 1.29 is 0 Å². The zero-order chi connectivity index (χ0) is 14.1. The topological polar surface area (TPSA) is 6.48 Å². The minimum absolute atomic E-state index is 0.405. The fourth-order valence-corrected chi connectivity index (χ4v) is 3.15. The molecule has 20 heavy (non-hydrogen) atoms. The third kappa shape index (κ3) is 2.47. The SMILES string of the molecule is CN1C(c2ccccc2)CC(c2ccc(Cl)cc2)N1C. The van der Waals surface area contributed by atoms with Crippen molar-refractivity contribution in [1.82, 2.24) is 10.0 Å². The maximum atomic E-state index is 5.98. The molecule has 1 aliphatic rings. The molecular formula is C17H19ClN2. The first-order chi connectivity index (χ1) is 9.66. The minimum atomic E-state index is 0.405. The molecule has 2 atom stereocenters. The van der Waals surface area contributed by atoms with Gasteiger partial charge >= 0.3 is 0 Å². The first-order valence-corrected chi connectivity index (χ1v) is 7.30. The van der Waals surface area contributed by atoms with Crippen molar-refractivity contribution in [1.29, 1.82) is 0 Å². The zero-order valence-corrected chi connectivity index (χ0v) is 12.6. The van der Waals surface area contributed by atoms with Crippen LogP contribution in [0.5, 0.6) is 0 Å². The smallest absolute Gasteiger partial charge is 0.0511 e. The molecule has 1 aliphatic heterocycles. The summed E-state index contributed by atoms with van der Waals surface area (Å²) >= 11 is 5.98. The Hall–Kier alpha value is -1.35. The van der Waals surface area contributed by atoms with E-state index in [9.17, 15) is 0 Å². The van der Waals surface area contributed by atoms with Crippen molar-refractivity contribution in [3.05, 3.63) is 70.7 Å². The fraction of sp³-hybridized carbons (Fsp3) is 0.294. The summed E-state index contributed by atoms with van der Waals surface area (Å²) in [6.45, 7) is 0. The van der Waals surface area contributed by atoms with E-state index in [2.05, 4.69) is 66.6 Å². The van der Waals surface area contributed by atoms with Crippen LogP contribution >= 0.6 is 11.6 Å². The van der Waals surface area contributed by atoms with Gasteiger partial charge in [-0.25, -0.2) is 10.0 Å². The highest BCUT2D eigenvalue weighted by Crippen LogP contribution is 2.41. The van der Waals surface area contributed by atoms with Gasteiger partial charge < -0.3 is 0 Å². The molecule has 2 aromatic carbocycles. The molecule has 1 fully saturated rings. The monoisotopic (exact) mass is 286 g/mol. The molecule has 0 spiro atoms. The largest absolute Gasteiger partial charge is 0.237 e. The summed E-state index contributed by atoms with van der Waals surface area (Å²) in [4.78, 5) is 0. The van der Waals surface area contributed by atoms with Gasteiger partial charge in [0.15, 0.2) is 0 Å². The molecule has 0 N–H and O–H groups in total. The Labute approximate surface area is 125 Å². The van der Waals surface area contributed by atoms with E-state index in [1.807, 2.05) is 12.1 Å². The molecule has 2 unspecified atom stereocenters. The van der Waals surface area contributed by atoms with Crippen molar-refractivity contribution in [3.8, 4) is 0 Å². The molecule has 2 aromatic rings. The number of hydrazine groups is 1. The molecule has 3 heteroatoms. The first kappa shape index (κ1) is 13.6. The molecule has 0 saturated carbocycles. The van der Waals surface area contributed by atoms with Gasteiger partial charge in [-0.15, -0.1) is 0 Å². The molecule has 0 aliphatic carbocycles. The number of hydrogen-bond acceptors (Lipinski definition) is 2. The highest BCUT2D eigenvalue weighted by molar-refractivity contribution is 6.30. The normalized spacial score (nSPS) is 24.1. The van der Waals surface area contributed by atoms with Gasteiger partial charge in [-0.1, -0.05) is 54.1 Å². The van der Waals surface area contributed by atoms with Gasteiger partial charge in [0.25, 0.3) is 0 Å². The second kappa shape index (κ2) is 5.57. The lowest BCUT2D eigenvalue weighted by Crippen LogP contribution is -2.32. The number of rotatable bonds is 2. The van der Waals surface area contributed by atoms with Gasteiger partial charge in [-0.2, -0.15) is 0 Å². The third-order valence-corrected chi connectivity index (χ3v) is 4.54. The zero-order valence-electron chi connectivity index (χ0n) is 11.8. The van der Waals surface area contributed by atoms with E-state index in [1.165, 1.54) is 11.1 Å². The van der Waals surface area contributed by atoms with Crippen molar-refractivity contribution in [2.75, 3.05) is 14.1 Å². The van der Waals surface area contributed by atoms with E-state index in [0.717, 1.165) is 11.4 Å². The van der Waals surface area contributed by atoms with Crippen LogP contribution in [0.3, 0.4) is 0 Å². The Morgan fingerprint density at radius 1 is 0.800 bits per heavy atom. The molecule has 2 nitrogen and oxygen atoms in total. The summed E-state index contributed by atoms with van der Waals surface area (Å²) in [5, 5.41) is 5.44. The summed E-state index contributed by atoms with van der Waals surface area (Å²) in [7, 11) is 4.32. The minimum Gasteiger partial charge on any atom is -0.237 e. The van der Waals surface area contributed by atoms with Crippen molar-refractivity contribution in [2.24, 2.45) is 0 Å².